The molecule has 0 radical (unpaired) electrons. The minimum Gasteiger partial charge on any atom is -0.493 e. The first-order valence-corrected chi connectivity index (χ1v) is 8.00. The van der Waals surface area contributed by atoms with Crippen molar-refractivity contribution in [1.82, 2.24) is 9.80 Å². The Balaban J connectivity index is 2.83. The summed E-state index contributed by atoms with van der Waals surface area (Å²) in [4.78, 5) is 4.17. The standard InChI is InChI=1S/C17H31N3O3/c1-19(2)8-5-11-23-17-12-14(6-7-16(17)22-4)15(13-18)20(3)9-10-21/h6-7,12,15,21H,5,8-11,13,18H2,1-4H3. The highest BCUT2D eigenvalue weighted by Crippen LogP contribution is 2.31. The number of nitrogens with zero attached hydrogens (tertiary/aromatic N) is 2. The van der Waals surface area contributed by atoms with Crippen molar-refractivity contribution in [3.05, 3.63) is 23.8 Å². The van der Waals surface area contributed by atoms with Gasteiger partial charge in [0.1, 0.15) is 0 Å². The first-order chi connectivity index (χ1) is 11.0. The molecule has 1 atom stereocenters. The van der Waals surface area contributed by atoms with Crippen LogP contribution in [0.5, 0.6) is 11.5 Å². The zero-order valence-corrected chi connectivity index (χ0v) is 14.8. The number of methoxy groups -OCH3 is 1. The fourth-order valence-corrected chi connectivity index (χ4v) is 2.46. The smallest absolute Gasteiger partial charge is 0.161 e. The molecule has 6 nitrogen and oxygen atoms in total. The predicted octanol–water partition coefficient (Wildman–Crippen LogP) is 0.950. The molecular weight excluding hydrogens is 294 g/mol. The fraction of sp³-hybridized carbons (Fsp3) is 0.647. The Morgan fingerprint density at radius 1 is 1.17 bits per heavy atom. The highest BCUT2D eigenvalue weighted by atomic mass is 16.5. The third-order valence-electron chi connectivity index (χ3n) is 3.79. The summed E-state index contributed by atoms with van der Waals surface area (Å²) in [5.41, 5.74) is 6.97. The van der Waals surface area contributed by atoms with E-state index in [1.54, 1.807) is 7.11 Å². The number of nitrogens with two attached hydrogens (primary N) is 1. The van der Waals surface area contributed by atoms with Gasteiger partial charge in [-0.1, -0.05) is 6.07 Å². The zero-order valence-electron chi connectivity index (χ0n) is 14.8. The lowest BCUT2D eigenvalue weighted by Crippen LogP contribution is -2.32. The van der Waals surface area contributed by atoms with E-state index < -0.39 is 0 Å². The Bertz CT molecular complexity index is 455. The summed E-state index contributed by atoms with van der Waals surface area (Å²) in [6.07, 6.45) is 0.950. The van der Waals surface area contributed by atoms with Crippen molar-refractivity contribution in [2.45, 2.75) is 12.5 Å². The van der Waals surface area contributed by atoms with Crippen molar-refractivity contribution in [3.63, 3.8) is 0 Å². The average molecular weight is 325 g/mol. The molecule has 0 fully saturated rings. The van der Waals surface area contributed by atoms with Gasteiger partial charge in [-0.05, 0) is 45.3 Å². The van der Waals surface area contributed by atoms with Crippen LogP contribution < -0.4 is 15.2 Å². The monoisotopic (exact) mass is 325 g/mol. The largest absolute Gasteiger partial charge is 0.493 e. The number of aliphatic hydroxyl groups is 1. The highest BCUT2D eigenvalue weighted by molar-refractivity contribution is 5.44. The number of hydrogen-bond donors (Lipinski definition) is 2. The van der Waals surface area contributed by atoms with Gasteiger partial charge in [0.25, 0.3) is 0 Å². The molecule has 0 bridgehead atoms. The van der Waals surface area contributed by atoms with Gasteiger partial charge >= 0.3 is 0 Å². The third-order valence-corrected chi connectivity index (χ3v) is 3.79. The molecule has 1 rings (SSSR count). The van der Waals surface area contributed by atoms with Crippen LogP contribution in [0.3, 0.4) is 0 Å². The number of rotatable bonds is 11. The minimum atomic E-state index is 0.0391. The summed E-state index contributed by atoms with van der Waals surface area (Å²) in [6, 6.07) is 5.93. The van der Waals surface area contributed by atoms with Crippen molar-refractivity contribution in [3.8, 4) is 11.5 Å². The Labute approximate surface area is 139 Å². The highest BCUT2D eigenvalue weighted by Gasteiger charge is 2.17. The second-order valence-corrected chi connectivity index (χ2v) is 5.87. The van der Waals surface area contributed by atoms with Gasteiger partial charge in [0.15, 0.2) is 11.5 Å². The minimum absolute atomic E-state index is 0.0391. The van der Waals surface area contributed by atoms with Gasteiger partial charge < -0.3 is 25.2 Å². The van der Waals surface area contributed by atoms with E-state index >= 15 is 0 Å². The zero-order chi connectivity index (χ0) is 17.2. The second kappa shape index (κ2) is 10.4. The van der Waals surface area contributed by atoms with Crippen LogP contribution in [-0.4, -0.2) is 76.0 Å². The normalized spacial score (nSPS) is 12.7. The summed E-state index contributed by atoms with van der Waals surface area (Å²) < 4.78 is 11.3. The van der Waals surface area contributed by atoms with E-state index in [0.717, 1.165) is 30.0 Å². The predicted molar refractivity (Wildman–Crippen MR) is 93.2 cm³/mol. The van der Waals surface area contributed by atoms with Crippen molar-refractivity contribution in [2.75, 3.05) is 61.1 Å². The van der Waals surface area contributed by atoms with Crippen molar-refractivity contribution in [1.29, 1.82) is 0 Å². The fourth-order valence-electron chi connectivity index (χ4n) is 2.46. The summed E-state index contributed by atoms with van der Waals surface area (Å²) in [6.45, 7) is 2.78. The van der Waals surface area contributed by atoms with E-state index in [9.17, 15) is 0 Å². The molecule has 0 aliphatic rings. The van der Waals surface area contributed by atoms with Gasteiger partial charge in [-0.2, -0.15) is 0 Å². The molecule has 3 N–H and O–H groups in total. The maximum absolute atomic E-state index is 9.12. The summed E-state index contributed by atoms with van der Waals surface area (Å²) >= 11 is 0. The molecule has 23 heavy (non-hydrogen) atoms. The van der Waals surface area contributed by atoms with Crippen LogP contribution in [-0.2, 0) is 0 Å². The van der Waals surface area contributed by atoms with Gasteiger partial charge in [0.05, 0.1) is 20.3 Å². The van der Waals surface area contributed by atoms with Crippen LogP contribution in [0.1, 0.15) is 18.0 Å². The molecule has 0 aliphatic carbocycles. The van der Waals surface area contributed by atoms with E-state index in [2.05, 4.69) is 4.90 Å². The summed E-state index contributed by atoms with van der Waals surface area (Å²) in [7, 11) is 7.68. The maximum atomic E-state index is 9.12. The van der Waals surface area contributed by atoms with E-state index in [0.29, 0.717) is 19.7 Å². The lowest BCUT2D eigenvalue weighted by Gasteiger charge is -2.27. The van der Waals surface area contributed by atoms with Crippen LogP contribution in [0.2, 0.25) is 0 Å². The molecule has 132 valence electrons. The number of hydrogen-bond acceptors (Lipinski definition) is 6. The van der Waals surface area contributed by atoms with Crippen LogP contribution in [0.4, 0.5) is 0 Å². The molecule has 0 heterocycles. The molecular formula is C17H31N3O3. The third kappa shape index (κ3) is 6.35. The van der Waals surface area contributed by atoms with Crippen LogP contribution in [0.25, 0.3) is 0 Å². The van der Waals surface area contributed by atoms with Crippen molar-refractivity contribution in [2.24, 2.45) is 5.73 Å². The van der Waals surface area contributed by atoms with E-state index in [-0.39, 0.29) is 12.6 Å². The van der Waals surface area contributed by atoms with Crippen molar-refractivity contribution >= 4 is 0 Å². The lowest BCUT2D eigenvalue weighted by molar-refractivity contribution is 0.183. The molecule has 0 saturated heterocycles. The molecule has 0 amide bonds. The second-order valence-electron chi connectivity index (χ2n) is 5.87. The number of aliphatic hydroxyl groups excluding tert-OH is 1. The topological polar surface area (TPSA) is 71.2 Å². The van der Waals surface area contributed by atoms with E-state index in [1.807, 2.05) is 44.2 Å². The Morgan fingerprint density at radius 3 is 2.48 bits per heavy atom. The van der Waals surface area contributed by atoms with Crippen molar-refractivity contribution < 1.29 is 14.6 Å². The molecule has 0 aliphatic heterocycles. The van der Waals surface area contributed by atoms with Crippen LogP contribution in [0.15, 0.2) is 18.2 Å². The Morgan fingerprint density at radius 2 is 1.91 bits per heavy atom. The SMILES string of the molecule is COc1ccc(C(CN)N(C)CCO)cc1OCCCN(C)C. The van der Waals surface area contributed by atoms with E-state index in [1.165, 1.54) is 0 Å². The van der Waals surface area contributed by atoms with Gasteiger partial charge in [-0.25, -0.2) is 0 Å². The van der Waals surface area contributed by atoms with Crippen LogP contribution >= 0.6 is 0 Å². The Kier molecular flexibility index (Phi) is 8.94. The molecule has 0 spiro atoms. The quantitative estimate of drug-likeness (QED) is 0.590. The van der Waals surface area contributed by atoms with Gasteiger partial charge in [-0.3, -0.25) is 4.90 Å². The summed E-state index contributed by atoms with van der Waals surface area (Å²) in [5, 5.41) is 9.12. The first kappa shape index (κ1) is 19.7. The molecule has 1 aromatic carbocycles. The number of benzene rings is 1. The molecule has 0 aromatic heterocycles. The maximum Gasteiger partial charge on any atom is 0.161 e. The molecule has 0 saturated carbocycles. The van der Waals surface area contributed by atoms with Crippen LogP contribution in [0, 0.1) is 0 Å². The number of ether oxygens (including phenoxy) is 2. The number of likely N-dealkylation sites (N-methyl/N-ethyl adjacent to an activating group) is 1. The average Bonchev–Trinajstić information content (AvgIpc) is 2.52. The summed E-state index contributed by atoms with van der Waals surface area (Å²) in [5.74, 6) is 1.46. The van der Waals surface area contributed by atoms with Gasteiger partial charge in [0, 0.05) is 25.7 Å². The molecule has 1 unspecified atom stereocenters. The molecule has 1 aromatic rings. The van der Waals surface area contributed by atoms with E-state index in [4.69, 9.17) is 20.3 Å². The van der Waals surface area contributed by atoms with Gasteiger partial charge in [-0.15, -0.1) is 0 Å². The molecule has 6 heteroatoms. The van der Waals surface area contributed by atoms with Gasteiger partial charge in [0.2, 0.25) is 0 Å². The Hall–Kier alpha value is -1.34. The lowest BCUT2D eigenvalue weighted by atomic mass is 10.0. The first-order valence-electron chi connectivity index (χ1n) is 8.00.